The molecule has 0 unspecified atom stereocenters. The van der Waals surface area contributed by atoms with Crippen LogP contribution >= 0.6 is 0 Å². The number of nitrogens with one attached hydrogen (secondary N) is 1. The zero-order valence-corrected chi connectivity index (χ0v) is 14.9. The number of ether oxygens (including phenoxy) is 2. The minimum absolute atomic E-state index is 0.179. The molecule has 2 aromatic carbocycles. The molecule has 0 saturated heterocycles. The fourth-order valence-electron chi connectivity index (χ4n) is 2.97. The molecule has 1 aliphatic heterocycles. The summed E-state index contributed by atoms with van der Waals surface area (Å²) in [4.78, 5) is 19.0. The molecule has 1 amide bonds. The Morgan fingerprint density at radius 1 is 1.04 bits per heavy atom. The molecule has 3 aromatic rings. The van der Waals surface area contributed by atoms with Crippen LogP contribution in [-0.2, 0) is 0 Å². The van der Waals surface area contributed by atoms with Crippen LogP contribution in [0.25, 0.3) is 0 Å². The largest absolute Gasteiger partial charge is 0.454 e. The second-order valence-corrected chi connectivity index (χ2v) is 6.00. The fourth-order valence-corrected chi connectivity index (χ4v) is 2.97. The van der Waals surface area contributed by atoms with Gasteiger partial charge in [0.05, 0.1) is 11.9 Å². The summed E-state index contributed by atoms with van der Waals surface area (Å²) in [5, 5.41) is 2.81. The van der Waals surface area contributed by atoms with Crippen LogP contribution in [0, 0.1) is 0 Å². The Labute approximate surface area is 157 Å². The van der Waals surface area contributed by atoms with E-state index >= 15 is 0 Å². The van der Waals surface area contributed by atoms with E-state index < -0.39 is 0 Å². The summed E-state index contributed by atoms with van der Waals surface area (Å²) in [6.45, 7) is 3.08. The average Bonchev–Trinajstić information content (AvgIpc) is 3.18. The molecule has 6 nitrogen and oxygen atoms in total. The number of aromatic nitrogens is 1. The summed E-state index contributed by atoms with van der Waals surface area (Å²) in [7, 11) is 0. The highest BCUT2D eigenvalue weighted by molar-refractivity contribution is 6.04. The first-order valence-corrected chi connectivity index (χ1v) is 8.74. The molecular formula is C21H19N3O3. The van der Waals surface area contributed by atoms with Crippen LogP contribution in [0.1, 0.15) is 17.3 Å². The maximum Gasteiger partial charge on any atom is 0.256 e. The summed E-state index contributed by atoms with van der Waals surface area (Å²) in [6.07, 6.45) is 1.76. The first-order valence-electron chi connectivity index (χ1n) is 8.74. The van der Waals surface area contributed by atoms with E-state index in [0.29, 0.717) is 22.9 Å². The lowest BCUT2D eigenvalue weighted by Gasteiger charge is -2.23. The van der Waals surface area contributed by atoms with Gasteiger partial charge < -0.3 is 19.7 Å². The normalized spacial score (nSPS) is 11.9. The average molecular weight is 361 g/mol. The van der Waals surface area contributed by atoms with Crippen LogP contribution in [0.3, 0.4) is 0 Å². The Morgan fingerprint density at radius 2 is 1.85 bits per heavy atom. The molecule has 136 valence electrons. The van der Waals surface area contributed by atoms with E-state index in [0.717, 1.165) is 17.9 Å². The molecular weight excluding hydrogens is 342 g/mol. The number of benzene rings is 2. The van der Waals surface area contributed by atoms with Crippen molar-refractivity contribution in [3.8, 4) is 11.5 Å². The molecule has 1 aliphatic rings. The van der Waals surface area contributed by atoms with Gasteiger partial charge in [-0.15, -0.1) is 0 Å². The quantitative estimate of drug-likeness (QED) is 0.737. The molecule has 2 heterocycles. The lowest BCUT2D eigenvalue weighted by atomic mass is 10.2. The van der Waals surface area contributed by atoms with Gasteiger partial charge in [-0.1, -0.05) is 18.2 Å². The van der Waals surface area contributed by atoms with Crippen molar-refractivity contribution < 1.29 is 14.3 Å². The Balaban J connectivity index is 1.48. The van der Waals surface area contributed by atoms with E-state index in [4.69, 9.17) is 9.47 Å². The van der Waals surface area contributed by atoms with E-state index in [-0.39, 0.29) is 12.7 Å². The minimum Gasteiger partial charge on any atom is -0.454 e. The second kappa shape index (κ2) is 7.37. The number of rotatable bonds is 5. The van der Waals surface area contributed by atoms with Gasteiger partial charge in [0.25, 0.3) is 5.91 Å². The van der Waals surface area contributed by atoms with E-state index in [9.17, 15) is 4.79 Å². The predicted octanol–water partition coefficient (Wildman–Crippen LogP) is 4.22. The lowest BCUT2D eigenvalue weighted by molar-refractivity contribution is 0.102. The van der Waals surface area contributed by atoms with E-state index in [1.54, 1.807) is 30.5 Å². The molecule has 0 spiro atoms. The van der Waals surface area contributed by atoms with Gasteiger partial charge in [-0.2, -0.15) is 0 Å². The van der Waals surface area contributed by atoms with Crippen LogP contribution in [0.5, 0.6) is 11.5 Å². The van der Waals surface area contributed by atoms with Crippen molar-refractivity contribution in [3.05, 3.63) is 72.4 Å². The van der Waals surface area contributed by atoms with Gasteiger partial charge in [0, 0.05) is 17.8 Å². The Morgan fingerprint density at radius 3 is 2.59 bits per heavy atom. The van der Waals surface area contributed by atoms with Crippen LogP contribution in [-0.4, -0.2) is 24.2 Å². The van der Waals surface area contributed by atoms with E-state index in [1.807, 2.05) is 24.3 Å². The van der Waals surface area contributed by atoms with Gasteiger partial charge in [-0.25, -0.2) is 4.98 Å². The highest BCUT2D eigenvalue weighted by Gasteiger charge is 2.16. The Hall–Kier alpha value is -3.54. The van der Waals surface area contributed by atoms with Crippen molar-refractivity contribution in [1.29, 1.82) is 0 Å². The minimum atomic E-state index is -0.246. The monoisotopic (exact) mass is 361 g/mol. The summed E-state index contributed by atoms with van der Waals surface area (Å²) in [5.41, 5.74) is 2.55. The zero-order valence-electron chi connectivity index (χ0n) is 14.9. The zero-order chi connectivity index (χ0) is 18.6. The number of pyridine rings is 1. The molecule has 0 bridgehead atoms. The molecule has 4 rings (SSSR count). The number of nitrogens with zero attached hydrogens (tertiary/aromatic N) is 2. The number of fused-ring (bicyclic) bond motifs is 1. The number of amides is 1. The molecule has 1 N–H and O–H groups in total. The summed E-state index contributed by atoms with van der Waals surface area (Å²) >= 11 is 0. The van der Waals surface area contributed by atoms with Crippen molar-refractivity contribution in [2.75, 3.05) is 23.6 Å². The third kappa shape index (κ3) is 3.55. The number of hydrogen-bond donors (Lipinski definition) is 1. The van der Waals surface area contributed by atoms with Crippen molar-refractivity contribution in [3.63, 3.8) is 0 Å². The number of hydrogen-bond acceptors (Lipinski definition) is 5. The van der Waals surface area contributed by atoms with Crippen LogP contribution in [0.4, 0.5) is 17.2 Å². The third-order valence-electron chi connectivity index (χ3n) is 4.32. The van der Waals surface area contributed by atoms with Crippen LogP contribution in [0.15, 0.2) is 66.9 Å². The lowest BCUT2D eigenvalue weighted by Crippen LogP contribution is -2.17. The SMILES string of the molecule is CCN(c1ccccc1)c1ccc(NC(=O)c2ccc3c(c2)OCO3)nc1. The number of carbonyl (C=O) groups is 1. The highest BCUT2D eigenvalue weighted by atomic mass is 16.7. The Kier molecular flexibility index (Phi) is 4.61. The number of anilines is 3. The first-order chi connectivity index (χ1) is 13.2. The van der Waals surface area contributed by atoms with Crippen molar-refractivity contribution in [2.24, 2.45) is 0 Å². The molecule has 0 saturated carbocycles. The van der Waals surface area contributed by atoms with Gasteiger partial charge in [0.2, 0.25) is 6.79 Å². The summed E-state index contributed by atoms with van der Waals surface area (Å²) in [6, 6.07) is 18.9. The molecule has 6 heteroatoms. The van der Waals surface area contributed by atoms with Crippen molar-refractivity contribution >= 4 is 23.1 Å². The second-order valence-electron chi connectivity index (χ2n) is 6.00. The molecule has 0 atom stereocenters. The first kappa shape index (κ1) is 16.9. The standard InChI is InChI=1S/C21H19N3O3/c1-2-24(16-6-4-3-5-7-16)17-9-11-20(22-13-17)23-21(25)15-8-10-18-19(12-15)27-14-26-18/h3-13H,2,14H2,1H3,(H,22,23,25). The molecule has 0 fully saturated rings. The molecule has 0 radical (unpaired) electrons. The number of carbonyl (C=O) groups excluding carboxylic acids is 1. The van der Waals surface area contributed by atoms with E-state index in [2.05, 4.69) is 34.3 Å². The third-order valence-corrected chi connectivity index (χ3v) is 4.32. The van der Waals surface area contributed by atoms with E-state index in [1.165, 1.54) is 0 Å². The molecule has 27 heavy (non-hydrogen) atoms. The van der Waals surface area contributed by atoms with Gasteiger partial charge >= 0.3 is 0 Å². The highest BCUT2D eigenvalue weighted by Crippen LogP contribution is 2.32. The fraction of sp³-hybridized carbons (Fsp3) is 0.143. The number of para-hydroxylation sites is 1. The van der Waals surface area contributed by atoms with Crippen LogP contribution in [0.2, 0.25) is 0 Å². The smallest absolute Gasteiger partial charge is 0.256 e. The van der Waals surface area contributed by atoms with Gasteiger partial charge in [-0.3, -0.25) is 4.79 Å². The predicted molar refractivity (Wildman–Crippen MR) is 104 cm³/mol. The van der Waals surface area contributed by atoms with Gasteiger partial charge in [-0.05, 0) is 49.4 Å². The van der Waals surface area contributed by atoms with Gasteiger partial charge in [0.15, 0.2) is 11.5 Å². The topological polar surface area (TPSA) is 63.7 Å². The molecule has 1 aromatic heterocycles. The van der Waals surface area contributed by atoms with Gasteiger partial charge in [0.1, 0.15) is 5.82 Å². The van der Waals surface area contributed by atoms with Crippen LogP contribution < -0.4 is 19.7 Å². The Bertz CT molecular complexity index is 943. The maximum absolute atomic E-state index is 12.5. The molecule has 0 aliphatic carbocycles. The maximum atomic E-state index is 12.5. The van der Waals surface area contributed by atoms with Crippen molar-refractivity contribution in [1.82, 2.24) is 4.98 Å². The summed E-state index contributed by atoms with van der Waals surface area (Å²) in [5.74, 6) is 1.47. The van der Waals surface area contributed by atoms with Crippen molar-refractivity contribution in [2.45, 2.75) is 6.92 Å². The summed E-state index contributed by atoms with van der Waals surface area (Å²) < 4.78 is 10.6.